The number of rotatable bonds is 5. The number of nitro benzene ring substituents is 1. The van der Waals surface area contributed by atoms with Gasteiger partial charge in [0.1, 0.15) is 0 Å². The zero-order valence-corrected chi connectivity index (χ0v) is 12.7. The number of nitrogens with zero attached hydrogens (tertiary/aromatic N) is 2. The van der Waals surface area contributed by atoms with Crippen LogP contribution in [0.15, 0.2) is 22.7 Å². The number of hydrogen-bond donors (Lipinski definition) is 2. The number of nitro groups is 1. The molecule has 1 atom stereocenters. The van der Waals surface area contributed by atoms with Crippen LogP contribution in [0.5, 0.6) is 0 Å². The summed E-state index contributed by atoms with van der Waals surface area (Å²) in [6, 6.07) is 5.22. The summed E-state index contributed by atoms with van der Waals surface area (Å²) < 4.78 is 0.481. The molecule has 1 aromatic carbocycles. The number of aliphatic hydroxyl groups is 1. The first-order chi connectivity index (χ1) is 9.63. The van der Waals surface area contributed by atoms with Gasteiger partial charge in [-0.1, -0.05) is 6.07 Å². The van der Waals surface area contributed by atoms with E-state index in [1.54, 1.807) is 12.1 Å². The van der Waals surface area contributed by atoms with Gasteiger partial charge in [0.05, 0.1) is 9.40 Å². The molecule has 6 nitrogen and oxygen atoms in total. The van der Waals surface area contributed by atoms with Crippen LogP contribution in [0.2, 0.25) is 0 Å². The minimum absolute atomic E-state index is 0.0221. The molecule has 0 amide bonds. The van der Waals surface area contributed by atoms with E-state index in [1.807, 2.05) is 6.07 Å². The SMILES string of the molecule is O=[N+]([O-])c1cc([C@H](CCO)N2CCNCC2)ccc1Br. The van der Waals surface area contributed by atoms with Crippen LogP contribution in [0.3, 0.4) is 0 Å². The third-order valence-electron chi connectivity index (χ3n) is 3.55. The van der Waals surface area contributed by atoms with Crippen LogP contribution in [0.25, 0.3) is 0 Å². The third kappa shape index (κ3) is 3.54. The second-order valence-corrected chi connectivity index (χ2v) is 5.64. The lowest BCUT2D eigenvalue weighted by atomic mass is 10.0. The molecule has 1 aromatic rings. The molecule has 1 heterocycles. The second-order valence-electron chi connectivity index (χ2n) is 4.78. The van der Waals surface area contributed by atoms with Crippen molar-refractivity contribution in [2.45, 2.75) is 12.5 Å². The second kappa shape index (κ2) is 7.12. The van der Waals surface area contributed by atoms with Crippen molar-refractivity contribution in [2.75, 3.05) is 32.8 Å². The van der Waals surface area contributed by atoms with Crippen molar-refractivity contribution in [3.8, 4) is 0 Å². The Labute approximate surface area is 126 Å². The largest absolute Gasteiger partial charge is 0.396 e. The van der Waals surface area contributed by atoms with Crippen molar-refractivity contribution >= 4 is 21.6 Å². The predicted molar refractivity (Wildman–Crippen MR) is 79.7 cm³/mol. The molecule has 0 unspecified atom stereocenters. The van der Waals surface area contributed by atoms with Crippen molar-refractivity contribution in [1.82, 2.24) is 10.2 Å². The topological polar surface area (TPSA) is 78.6 Å². The lowest BCUT2D eigenvalue weighted by Gasteiger charge is -2.35. The summed E-state index contributed by atoms with van der Waals surface area (Å²) in [6.45, 7) is 3.64. The molecule has 1 aliphatic rings. The van der Waals surface area contributed by atoms with Gasteiger partial charge in [0.25, 0.3) is 5.69 Å². The van der Waals surface area contributed by atoms with E-state index in [4.69, 9.17) is 0 Å². The molecule has 2 rings (SSSR count). The van der Waals surface area contributed by atoms with Gasteiger partial charge in [0.15, 0.2) is 0 Å². The number of aliphatic hydroxyl groups excluding tert-OH is 1. The number of hydrogen-bond acceptors (Lipinski definition) is 5. The molecular formula is C13H18BrN3O3. The van der Waals surface area contributed by atoms with Crippen LogP contribution < -0.4 is 5.32 Å². The number of nitrogens with one attached hydrogen (secondary N) is 1. The molecule has 0 bridgehead atoms. The number of benzene rings is 1. The summed E-state index contributed by atoms with van der Waals surface area (Å²) in [4.78, 5) is 12.9. The van der Waals surface area contributed by atoms with Gasteiger partial charge in [-0.15, -0.1) is 0 Å². The lowest BCUT2D eigenvalue weighted by molar-refractivity contribution is -0.385. The Morgan fingerprint density at radius 2 is 2.15 bits per heavy atom. The Hall–Kier alpha value is -1.02. The summed E-state index contributed by atoms with van der Waals surface area (Å²) in [7, 11) is 0. The van der Waals surface area contributed by atoms with Crippen molar-refractivity contribution < 1.29 is 10.0 Å². The smallest absolute Gasteiger partial charge is 0.283 e. The Bertz CT molecular complexity index is 478. The molecule has 0 saturated carbocycles. The highest BCUT2D eigenvalue weighted by Gasteiger charge is 2.24. The molecule has 1 saturated heterocycles. The molecule has 0 aromatic heterocycles. The average Bonchev–Trinajstić information content (AvgIpc) is 2.46. The normalized spacial score (nSPS) is 17.9. The highest BCUT2D eigenvalue weighted by atomic mass is 79.9. The molecule has 2 N–H and O–H groups in total. The van der Waals surface area contributed by atoms with Gasteiger partial charge < -0.3 is 10.4 Å². The Morgan fingerprint density at radius 3 is 2.75 bits per heavy atom. The molecule has 7 heteroatoms. The van der Waals surface area contributed by atoms with E-state index in [-0.39, 0.29) is 23.3 Å². The first-order valence-corrected chi connectivity index (χ1v) is 7.42. The highest BCUT2D eigenvalue weighted by molar-refractivity contribution is 9.10. The highest BCUT2D eigenvalue weighted by Crippen LogP contribution is 2.31. The Balaban J connectivity index is 2.28. The van der Waals surface area contributed by atoms with Gasteiger partial charge in [-0.05, 0) is 34.0 Å². The first kappa shape index (κ1) is 15.4. The Morgan fingerprint density at radius 1 is 1.45 bits per heavy atom. The van der Waals surface area contributed by atoms with Crippen LogP contribution in [0.1, 0.15) is 18.0 Å². The summed E-state index contributed by atoms with van der Waals surface area (Å²) >= 11 is 3.20. The summed E-state index contributed by atoms with van der Waals surface area (Å²) in [5.41, 5.74) is 0.955. The van der Waals surface area contributed by atoms with Crippen LogP contribution in [-0.2, 0) is 0 Å². The minimum Gasteiger partial charge on any atom is -0.396 e. The van der Waals surface area contributed by atoms with Crippen LogP contribution in [0, 0.1) is 10.1 Å². The van der Waals surface area contributed by atoms with Crippen molar-refractivity contribution in [2.24, 2.45) is 0 Å². The van der Waals surface area contributed by atoms with E-state index in [2.05, 4.69) is 26.1 Å². The molecule has 0 aliphatic carbocycles. The van der Waals surface area contributed by atoms with E-state index >= 15 is 0 Å². The summed E-state index contributed by atoms with van der Waals surface area (Å²) in [5.74, 6) is 0. The zero-order chi connectivity index (χ0) is 14.5. The molecular weight excluding hydrogens is 326 g/mol. The van der Waals surface area contributed by atoms with E-state index in [1.165, 1.54) is 0 Å². The van der Waals surface area contributed by atoms with Crippen LogP contribution >= 0.6 is 15.9 Å². The average molecular weight is 344 g/mol. The number of halogens is 1. The predicted octanol–water partition coefficient (Wildman–Crippen LogP) is 1.69. The Kier molecular flexibility index (Phi) is 5.47. The molecule has 0 radical (unpaired) electrons. The minimum atomic E-state index is -0.388. The fourth-order valence-electron chi connectivity index (χ4n) is 2.55. The standard InChI is InChI=1S/C13H18BrN3O3/c14-11-2-1-10(9-13(11)17(19)20)12(3-8-18)16-6-4-15-5-7-16/h1-2,9,12,15,18H,3-8H2/t12-/m0/s1. The van der Waals surface area contributed by atoms with Crippen LogP contribution in [-0.4, -0.2) is 47.7 Å². The molecule has 0 spiro atoms. The maximum absolute atomic E-state index is 11.0. The van der Waals surface area contributed by atoms with Gasteiger partial charge in [-0.25, -0.2) is 0 Å². The third-order valence-corrected chi connectivity index (χ3v) is 4.22. The zero-order valence-electron chi connectivity index (χ0n) is 11.1. The van der Waals surface area contributed by atoms with Gasteiger partial charge in [-0.3, -0.25) is 15.0 Å². The fourth-order valence-corrected chi connectivity index (χ4v) is 2.94. The molecule has 110 valence electrons. The maximum Gasteiger partial charge on any atom is 0.283 e. The van der Waals surface area contributed by atoms with Crippen molar-refractivity contribution in [1.29, 1.82) is 0 Å². The van der Waals surface area contributed by atoms with E-state index in [0.29, 0.717) is 10.9 Å². The lowest BCUT2D eigenvalue weighted by Crippen LogP contribution is -2.45. The summed E-state index contributed by atoms with van der Waals surface area (Å²) in [5, 5.41) is 23.6. The van der Waals surface area contributed by atoms with E-state index < -0.39 is 0 Å². The van der Waals surface area contributed by atoms with Gasteiger partial charge >= 0.3 is 0 Å². The fraction of sp³-hybridized carbons (Fsp3) is 0.538. The van der Waals surface area contributed by atoms with Crippen LogP contribution in [0.4, 0.5) is 5.69 Å². The van der Waals surface area contributed by atoms with E-state index in [9.17, 15) is 15.2 Å². The van der Waals surface area contributed by atoms with Crippen molar-refractivity contribution in [3.63, 3.8) is 0 Å². The first-order valence-electron chi connectivity index (χ1n) is 6.63. The van der Waals surface area contributed by atoms with Gasteiger partial charge in [0, 0.05) is 44.9 Å². The molecule has 20 heavy (non-hydrogen) atoms. The van der Waals surface area contributed by atoms with Gasteiger partial charge in [-0.2, -0.15) is 0 Å². The quantitative estimate of drug-likeness (QED) is 0.628. The van der Waals surface area contributed by atoms with Gasteiger partial charge in [0.2, 0.25) is 0 Å². The molecule has 1 fully saturated rings. The summed E-state index contributed by atoms with van der Waals surface area (Å²) in [6.07, 6.45) is 0.582. The number of piperazine rings is 1. The maximum atomic E-state index is 11.0. The van der Waals surface area contributed by atoms with E-state index in [0.717, 1.165) is 31.7 Å². The van der Waals surface area contributed by atoms with Crippen molar-refractivity contribution in [3.05, 3.63) is 38.3 Å². The molecule has 1 aliphatic heterocycles. The monoisotopic (exact) mass is 343 g/mol.